The fourth-order valence-electron chi connectivity index (χ4n) is 7.74. The van der Waals surface area contributed by atoms with Gasteiger partial charge in [0.15, 0.2) is 11.6 Å². The molecule has 0 radical (unpaired) electrons. The van der Waals surface area contributed by atoms with Crippen molar-refractivity contribution in [1.29, 1.82) is 0 Å². The lowest BCUT2D eigenvalue weighted by atomic mass is 9.90. The van der Waals surface area contributed by atoms with Gasteiger partial charge in [0, 0.05) is 49.2 Å². The number of piperidine rings is 1. The van der Waals surface area contributed by atoms with Crippen molar-refractivity contribution in [3.8, 4) is 11.1 Å². The van der Waals surface area contributed by atoms with E-state index in [9.17, 15) is 19.2 Å². The number of aromatic nitrogens is 5. The van der Waals surface area contributed by atoms with Gasteiger partial charge in [-0.2, -0.15) is 5.10 Å². The maximum atomic E-state index is 14.6. The average Bonchev–Trinajstić information content (AvgIpc) is 3.53. The minimum atomic E-state index is -0.648. The number of hydrogen-bond donors (Lipinski definition) is 0. The van der Waals surface area contributed by atoms with E-state index < -0.39 is 6.04 Å². The number of hydrogen-bond acceptors (Lipinski definition) is 8. The predicted molar refractivity (Wildman–Crippen MR) is 204 cm³/mol. The van der Waals surface area contributed by atoms with Crippen molar-refractivity contribution in [2.45, 2.75) is 104 Å². The molecule has 1 saturated heterocycles. The maximum Gasteiger partial charge on any atom is 0.245 e. The third-order valence-corrected chi connectivity index (χ3v) is 11.1. The van der Waals surface area contributed by atoms with Crippen LogP contribution >= 0.6 is 15.9 Å². The highest BCUT2D eigenvalue weighted by Crippen LogP contribution is 2.62. The number of ketones is 3. The Hall–Kier alpha value is -4.64. The summed E-state index contributed by atoms with van der Waals surface area (Å²) in [4.78, 5) is 69.5. The first-order chi connectivity index (χ1) is 24.9. The first-order valence-electron chi connectivity index (χ1n) is 18.0. The number of benzene rings is 1. The molecule has 0 unspecified atom stereocenters. The minimum absolute atomic E-state index is 0.0719. The van der Waals surface area contributed by atoms with Crippen LogP contribution in [-0.2, 0) is 33.8 Å². The summed E-state index contributed by atoms with van der Waals surface area (Å²) >= 11 is 3.43. The summed E-state index contributed by atoms with van der Waals surface area (Å²) in [7, 11) is 0. The quantitative estimate of drug-likeness (QED) is 0.0469. The summed E-state index contributed by atoms with van der Waals surface area (Å²) in [5.41, 5.74) is 4.86. The second-order valence-corrected chi connectivity index (χ2v) is 15.1. The number of allylic oxidation sites excluding steroid dienone is 2. The topological polar surface area (TPSA) is 128 Å². The molecule has 1 aromatic carbocycles. The number of aryl methyl sites for hydroxylation is 3. The molecule has 2 aliphatic rings. The van der Waals surface area contributed by atoms with Gasteiger partial charge in [0.1, 0.15) is 28.4 Å². The van der Waals surface area contributed by atoms with Crippen molar-refractivity contribution in [3.05, 3.63) is 94.9 Å². The summed E-state index contributed by atoms with van der Waals surface area (Å²) in [5.74, 6) is 0.339. The van der Waals surface area contributed by atoms with E-state index in [0.717, 1.165) is 41.5 Å². The molecule has 6 rings (SSSR count). The van der Waals surface area contributed by atoms with Crippen LogP contribution in [0.4, 0.5) is 0 Å². The van der Waals surface area contributed by atoms with E-state index in [0.29, 0.717) is 65.5 Å². The van der Waals surface area contributed by atoms with Crippen molar-refractivity contribution in [3.63, 3.8) is 0 Å². The van der Waals surface area contributed by atoms with Crippen LogP contribution in [0.5, 0.6) is 0 Å². The summed E-state index contributed by atoms with van der Waals surface area (Å²) in [6, 6.07) is 6.93. The highest BCUT2D eigenvalue weighted by molar-refractivity contribution is 9.10. The Morgan fingerprint density at radius 1 is 1.00 bits per heavy atom. The highest BCUT2D eigenvalue weighted by Gasteiger charge is 2.66. The van der Waals surface area contributed by atoms with Crippen LogP contribution in [0.3, 0.4) is 0 Å². The molecule has 4 aromatic rings. The van der Waals surface area contributed by atoms with E-state index in [-0.39, 0.29) is 53.4 Å². The minimum Gasteiger partial charge on any atom is -0.327 e. The van der Waals surface area contributed by atoms with Gasteiger partial charge in [-0.1, -0.05) is 18.2 Å². The molecule has 1 amide bonds. The van der Waals surface area contributed by atoms with E-state index >= 15 is 0 Å². The molecule has 1 aliphatic carbocycles. The fraction of sp³-hybridized carbons (Fsp3) is 0.415. The lowest BCUT2D eigenvalue weighted by Crippen LogP contribution is -2.45. The maximum absolute atomic E-state index is 14.6. The fourth-order valence-corrected chi connectivity index (χ4v) is 8.08. The van der Waals surface area contributed by atoms with Gasteiger partial charge in [-0.25, -0.2) is 15.0 Å². The summed E-state index contributed by atoms with van der Waals surface area (Å²) in [5, 5.41) is 5.39. The van der Waals surface area contributed by atoms with E-state index in [1.807, 2.05) is 50.3 Å². The van der Waals surface area contributed by atoms with Crippen LogP contribution in [0.15, 0.2) is 66.6 Å². The zero-order valence-electron chi connectivity index (χ0n) is 30.2. The molecule has 2 fully saturated rings. The summed E-state index contributed by atoms with van der Waals surface area (Å²) in [6.45, 7) is 12.7. The molecule has 0 spiro atoms. The van der Waals surface area contributed by atoms with Crippen molar-refractivity contribution in [2.75, 3.05) is 0 Å². The first kappa shape index (κ1) is 37.1. The van der Waals surface area contributed by atoms with Crippen LogP contribution in [0.2, 0.25) is 0 Å². The number of carbonyl (C=O) groups excluding carboxylic acids is 4. The molecule has 52 heavy (non-hydrogen) atoms. The number of halogens is 1. The monoisotopic (exact) mass is 764 g/mol. The molecule has 0 bridgehead atoms. The Labute approximate surface area is 312 Å². The molecule has 11 heteroatoms. The number of nitrogens with zero attached hydrogens (tertiary/aromatic N) is 6. The van der Waals surface area contributed by atoms with Crippen LogP contribution in [0.1, 0.15) is 91.4 Å². The van der Waals surface area contributed by atoms with E-state index in [1.54, 1.807) is 22.0 Å². The van der Waals surface area contributed by atoms with Crippen molar-refractivity contribution >= 4 is 50.1 Å². The van der Waals surface area contributed by atoms with E-state index in [4.69, 9.17) is 5.10 Å². The van der Waals surface area contributed by atoms with E-state index in [1.165, 1.54) is 6.92 Å². The largest absolute Gasteiger partial charge is 0.327 e. The van der Waals surface area contributed by atoms with Gasteiger partial charge >= 0.3 is 0 Å². The van der Waals surface area contributed by atoms with Gasteiger partial charge in [-0.05, 0) is 115 Å². The van der Waals surface area contributed by atoms with Gasteiger partial charge in [-0.15, -0.1) is 13.2 Å². The highest BCUT2D eigenvalue weighted by atomic mass is 79.9. The Morgan fingerprint density at radius 2 is 1.75 bits per heavy atom. The second kappa shape index (κ2) is 15.5. The zero-order valence-corrected chi connectivity index (χ0v) is 31.7. The van der Waals surface area contributed by atoms with Crippen LogP contribution < -0.4 is 0 Å². The SMILES string of the molecule is C=CCCCC(=O)CC[C@@]12C[C@@H](C(=O)Cc3nc(Br)ccc3C)N(C(=O)Cn3nc(C(C)=O)c4cc(-c5cnc(C)nc5)cc(CCC=C)c43)[C@@H]1C2. The molecule has 1 aliphatic heterocycles. The van der Waals surface area contributed by atoms with Gasteiger partial charge < -0.3 is 4.90 Å². The van der Waals surface area contributed by atoms with Crippen molar-refractivity contribution < 1.29 is 19.2 Å². The van der Waals surface area contributed by atoms with Gasteiger partial charge in [-0.3, -0.25) is 23.9 Å². The molecule has 10 nitrogen and oxygen atoms in total. The van der Waals surface area contributed by atoms with Crippen LogP contribution in [0, 0.1) is 19.3 Å². The smallest absolute Gasteiger partial charge is 0.245 e. The number of rotatable bonds is 17. The van der Waals surface area contributed by atoms with Crippen molar-refractivity contribution in [1.82, 2.24) is 29.6 Å². The molecule has 270 valence electrons. The molecule has 3 aromatic heterocycles. The van der Waals surface area contributed by atoms with Gasteiger partial charge in [0.05, 0.1) is 23.7 Å². The zero-order chi connectivity index (χ0) is 37.2. The molecular formula is C41H45BrN6O4. The van der Waals surface area contributed by atoms with Crippen LogP contribution in [0.25, 0.3) is 22.0 Å². The summed E-state index contributed by atoms with van der Waals surface area (Å²) < 4.78 is 2.28. The summed E-state index contributed by atoms with van der Waals surface area (Å²) in [6.07, 6.45) is 13.0. The van der Waals surface area contributed by atoms with E-state index in [2.05, 4.69) is 44.0 Å². The molecule has 0 N–H and O–H groups in total. The normalized spacial score (nSPS) is 19.0. The number of amides is 1. The standard InChI is InChI=1S/C41H45BrN6O4/c1-6-8-10-12-31(50)15-16-41-20-34(35(51)19-33-25(3)13-14-37(42)45-33)48(36(41)21-41)38(52)24-47-40-28(11-9-7-2)17-29(30-22-43-27(5)44-23-30)18-32(40)39(46-47)26(4)49/h6-7,13-14,17-18,22-23,34,36H,1-2,8-12,15-16,19-21,24H2,3-5H3/t34-,36+,41-/m0/s1. The van der Waals surface area contributed by atoms with Gasteiger partial charge in [0.2, 0.25) is 5.91 Å². The van der Waals surface area contributed by atoms with Crippen LogP contribution in [-0.4, -0.2) is 65.0 Å². The second-order valence-electron chi connectivity index (χ2n) is 14.3. The Kier molecular flexibility index (Phi) is 11.1. The third-order valence-electron chi connectivity index (χ3n) is 10.6. The predicted octanol–water partition coefficient (Wildman–Crippen LogP) is 7.47. The molecule has 3 atom stereocenters. The Morgan fingerprint density at radius 3 is 2.46 bits per heavy atom. The van der Waals surface area contributed by atoms with Gasteiger partial charge in [0.25, 0.3) is 0 Å². The molecular weight excluding hydrogens is 720 g/mol. The lowest BCUT2D eigenvalue weighted by Gasteiger charge is -2.27. The Balaban J connectivity index is 1.34. The number of fused-ring (bicyclic) bond motifs is 2. The number of carbonyl (C=O) groups is 4. The number of unbranched alkanes of at least 4 members (excludes halogenated alkanes) is 1. The Bertz CT molecular complexity index is 2070. The lowest BCUT2D eigenvalue weighted by molar-refractivity contribution is -0.139. The number of pyridine rings is 1. The number of Topliss-reactive ketones (excluding diaryl/α,β-unsaturated/α-hetero) is 3. The number of likely N-dealkylation sites (tertiary alicyclic amines) is 1. The molecule has 4 heterocycles. The molecule has 1 saturated carbocycles. The first-order valence-corrected chi connectivity index (χ1v) is 18.8. The third kappa shape index (κ3) is 7.74. The average molecular weight is 766 g/mol. The van der Waals surface area contributed by atoms with Crippen molar-refractivity contribution in [2.24, 2.45) is 5.41 Å².